The first kappa shape index (κ1) is 13.8. The second-order valence-corrected chi connectivity index (χ2v) is 5.34. The van der Waals surface area contributed by atoms with Gasteiger partial charge in [0.05, 0.1) is 15.7 Å². The van der Waals surface area contributed by atoms with Gasteiger partial charge in [-0.05, 0) is 47.8 Å². The Hall–Kier alpha value is -1.61. The number of anilines is 1. The molecule has 0 spiro atoms. The minimum absolute atomic E-state index is 0.106. The number of carbonyl (C=O) groups excluding carboxylic acids is 1. The maximum absolute atomic E-state index is 14.0. The lowest BCUT2D eigenvalue weighted by molar-refractivity contribution is -0.121. The van der Waals surface area contributed by atoms with E-state index in [1.807, 2.05) is 6.07 Å². The fourth-order valence-corrected chi connectivity index (χ4v) is 2.03. The summed E-state index contributed by atoms with van der Waals surface area (Å²) in [5.74, 6) is -0.715. The first-order valence-electron chi connectivity index (χ1n) is 5.98. The van der Waals surface area contributed by atoms with Crippen molar-refractivity contribution in [3.8, 4) is 6.07 Å². The highest BCUT2D eigenvalue weighted by atomic mass is 79.9. The number of rotatable bonds is 4. The van der Waals surface area contributed by atoms with Crippen molar-refractivity contribution in [3.05, 3.63) is 28.0 Å². The highest BCUT2D eigenvalue weighted by Crippen LogP contribution is 2.27. The molecule has 6 heteroatoms. The summed E-state index contributed by atoms with van der Waals surface area (Å²) in [6, 6.07) is 4.58. The van der Waals surface area contributed by atoms with Gasteiger partial charge in [0, 0.05) is 6.04 Å². The van der Waals surface area contributed by atoms with Crippen LogP contribution in [0.5, 0.6) is 0 Å². The van der Waals surface area contributed by atoms with Crippen LogP contribution in [0, 0.1) is 17.1 Å². The van der Waals surface area contributed by atoms with Crippen LogP contribution in [-0.4, -0.2) is 18.0 Å². The number of benzene rings is 1. The lowest BCUT2D eigenvalue weighted by Gasteiger charge is -2.16. The molecule has 0 aromatic heterocycles. The van der Waals surface area contributed by atoms with Gasteiger partial charge >= 0.3 is 0 Å². The summed E-state index contributed by atoms with van der Waals surface area (Å²) in [6.45, 7) is 1.67. The zero-order valence-corrected chi connectivity index (χ0v) is 11.9. The third-order valence-electron chi connectivity index (χ3n) is 2.89. The third-order valence-corrected chi connectivity index (χ3v) is 3.67. The molecule has 1 unspecified atom stereocenters. The fraction of sp³-hybridized carbons (Fsp3) is 0.385. The summed E-state index contributed by atoms with van der Waals surface area (Å²) in [7, 11) is 0. The first-order chi connectivity index (χ1) is 9.02. The molecule has 100 valence electrons. The smallest absolute Gasteiger partial charge is 0.242 e. The topological polar surface area (TPSA) is 64.9 Å². The largest absolute Gasteiger partial charge is 0.371 e. The molecular weight excluding hydrogens is 313 g/mol. The van der Waals surface area contributed by atoms with Gasteiger partial charge in [-0.3, -0.25) is 4.79 Å². The van der Waals surface area contributed by atoms with E-state index in [0.29, 0.717) is 0 Å². The van der Waals surface area contributed by atoms with E-state index in [1.54, 1.807) is 6.92 Å². The molecule has 1 amide bonds. The van der Waals surface area contributed by atoms with Crippen LogP contribution in [0.1, 0.15) is 25.3 Å². The number of halogens is 2. The second kappa shape index (κ2) is 5.57. The SMILES string of the molecule is CC(Nc1ccc(C#N)c(Br)c1F)C(=O)NC1CC1. The van der Waals surface area contributed by atoms with E-state index in [0.717, 1.165) is 12.8 Å². The summed E-state index contributed by atoms with van der Waals surface area (Å²) in [5.41, 5.74) is 0.419. The van der Waals surface area contributed by atoms with Crippen molar-refractivity contribution in [3.63, 3.8) is 0 Å². The Morgan fingerprint density at radius 3 is 2.84 bits per heavy atom. The second-order valence-electron chi connectivity index (χ2n) is 4.55. The quantitative estimate of drug-likeness (QED) is 0.894. The number of hydrogen-bond acceptors (Lipinski definition) is 3. The maximum atomic E-state index is 14.0. The van der Waals surface area contributed by atoms with E-state index < -0.39 is 11.9 Å². The lowest BCUT2D eigenvalue weighted by Crippen LogP contribution is -2.38. The molecular formula is C13H13BrFN3O. The number of carbonyl (C=O) groups is 1. The van der Waals surface area contributed by atoms with Gasteiger partial charge in [-0.1, -0.05) is 0 Å². The molecule has 1 aliphatic rings. The Morgan fingerprint density at radius 1 is 1.58 bits per heavy atom. The van der Waals surface area contributed by atoms with Crippen molar-refractivity contribution in [2.24, 2.45) is 0 Å². The maximum Gasteiger partial charge on any atom is 0.242 e. The van der Waals surface area contributed by atoms with Crippen LogP contribution in [0.2, 0.25) is 0 Å². The Kier molecular flexibility index (Phi) is 4.05. The van der Waals surface area contributed by atoms with Crippen molar-refractivity contribution in [2.75, 3.05) is 5.32 Å². The average Bonchev–Trinajstić information content (AvgIpc) is 3.19. The van der Waals surface area contributed by atoms with Gasteiger partial charge in [-0.25, -0.2) is 4.39 Å². The molecule has 0 saturated heterocycles. The molecule has 1 atom stereocenters. The Balaban J connectivity index is 2.08. The van der Waals surface area contributed by atoms with Gasteiger partial charge in [0.1, 0.15) is 12.1 Å². The van der Waals surface area contributed by atoms with Crippen LogP contribution in [0.15, 0.2) is 16.6 Å². The zero-order chi connectivity index (χ0) is 14.0. The molecule has 4 nitrogen and oxygen atoms in total. The number of amides is 1. The van der Waals surface area contributed by atoms with Gasteiger partial charge in [0.25, 0.3) is 0 Å². The molecule has 1 aromatic rings. The summed E-state index contributed by atoms with van der Waals surface area (Å²) in [4.78, 5) is 11.8. The molecule has 2 N–H and O–H groups in total. The van der Waals surface area contributed by atoms with Crippen LogP contribution < -0.4 is 10.6 Å². The van der Waals surface area contributed by atoms with Crippen LogP contribution >= 0.6 is 15.9 Å². The highest BCUT2D eigenvalue weighted by Gasteiger charge is 2.26. The molecule has 2 rings (SSSR count). The number of nitriles is 1. The molecule has 19 heavy (non-hydrogen) atoms. The number of hydrogen-bond donors (Lipinski definition) is 2. The molecule has 0 radical (unpaired) electrons. The van der Waals surface area contributed by atoms with E-state index >= 15 is 0 Å². The molecule has 1 saturated carbocycles. The molecule has 1 fully saturated rings. The predicted molar refractivity (Wildman–Crippen MR) is 73.1 cm³/mol. The minimum atomic E-state index is -0.565. The van der Waals surface area contributed by atoms with Crippen LogP contribution in [0.4, 0.5) is 10.1 Å². The van der Waals surface area contributed by atoms with Crippen LogP contribution in [0.25, 0.3) is 0 Å². The summed E-state index contributed by atoms with van der Waals surface area (Å²) in [6.07, 6.45) is 2.02. The van der Waals surface area contributed by atoms with E-state index in [4.69, 9.17) is 5.26 Å². The Labute approximate surface area is 119 Å². The first-order valence-corrected chi connectivity index (χ1v) is 6.77. The number of nitrogens with one attached hydrogen (secondary N) is 2. The molecule has 0 bridgehead atoms. The summed E-state index contributed by atoms with van der Waals surface area (Å²) in [5, 5.41) is 14.4. The Morgan fingerprint density at radius 2 is 2.26 bits per heavy atom. The Bertz CT molecular complexity index is 552. The highest BCUT2D eigenvalue weighted by molar-refractivity contribution is 9.10. The summed E-state index contributed by atoms with van der Waals surface area (Å²) >= 11 is 3.03. The minimum Gasteiger partial charge on any atom is -0.371 e. The van der Waals surface area contributed by atoms with Gasteiger partial charge in [-0.2, -0.15) is 5.26 Å². The van der Waals surface area contributed by atoms with E-state index in [9.17, 15) is 9.18 Å². The van der Waals surface area contributed by atoms with Gasteiger partial charge in [0.2, 0.25) is 5.91 Å². The normalized spacial score (nSPS) is 15.5. The molecule has 0 aliphatic heterocycles. The third kappa shape index (κ3) is 3.24. The standard InChI is InChI=1S/C13H13BrFN3O/c1-7(13(19)18-9-3-4-9)17-10-5-2-8(6-16)11(14)12(10)15/h2,5,7,9,17H,3-4H2,1H3,(H,18,19). The van der Waals surface area contributed by atoms with E-state index in [-0.39, 0.29) is 27.7 Å². The van der Waals surface area contributed by atoms with Gasteiger partial charge in [0.15, 0.2) is 5.82 Å². The van der Waals surface area contributed by atoms with E-state index in [2.05, 4.69) is 26.6 Å². The van der Waals surface area contributed by atoms with E-state index in [1.165, 1.54) is 12.1 Å². The van der Waals surface area contributed by atoms with Gasteiger partial charge in [-0.15, -0.1) is 0 Å². The van der Waals surface area contributed by atoms with Gasteiger partial charge < -0.3 is 10.6 Å². The van der Waals surface area contributed by atoms with Crippen molar-refractivity contribution >= 4 is 27.5 Å². The predicted octanol–water partition coefficient (Wildman–Crippen LogP) is 2.54. The van der Waals surface area contributed by atoms with Crippen molar-refractivity contribution in [1.82, 2.24) is 5.32 Å². The van der Waals surface area contributed by atoms with Crippen molar-refractivity contribution in [1.29, 1.82) is 5.26 Å². The zero-order valence-electron chi connectivity index (χ0n) is 10.3. The van der Waals surface area contributed by atoms with Crippen molar-refractivity contribution < 1.29 is 9.18 Å². The van der Waals surface area contributed by atoms with Crippen LogP contribution in [0.3, 0.4) is 0 Å². The molecule has 1 aliphatic carbocycles. The summed E-state index contributed by atoms with van der Waals surface area (Å²) < 4.78 is 14.1. The fourth-order valence-electron chi connectivity index (χ4n) is 1.60. The molecule has 0 heterocycles. The molecule has 1 aromatic carbocycles. The lowest BCUT2D eigenvalue weighted by atomic mass is 10.2. The monoisotopic (exact) mass is 325 g/mol. The van der Waals surface area contributed by atoms with Crippen molar-refractivity contribution in [2.45, 2.75) is 31.8 Å². The number of nitrogens with zero attached hydrogens (tertiary/aromatic N) is 1. The average molecular weight is 326 g/mol. The van der Waals surface area contributed by atoms with Crippen LogP contribution in [-0.2, 0) is 4.79 Å².